The van der Waals surface area contributed by atoms with E-state index in [1.54, 1.807) is 0 Å². The van der Waals surface area contributed by atoms with Gasteiger partial charge in [0, 0.05) is 18.3 Å². The molecule has 2 nitrogen and oxygen atoms in total. The number of rotatable bonds is 6. The van der Waals surface area contributed by atoms with E-state index in [-0.39, 0.29) is 0 Å². The van der Waals surface area contributed by atoms with Crippen molar-refractivity contribution in [3.63, 3.8) is 0 Å². The molecule has 0 radical (unpaired) electrons. The molecule has 1 saturated heterocycles. The summed E-state index contributed by atoms with van der Waals surface area (Å²) in [6, 6.07) is 0.715. The Morgan fingerprint density at radius 1 is 1.53 bits per heavy atom. The van der Waals surface area contributed by atoms with Crippen LogP contribution in [0.4, 0.5) is 0 Å². The molecule has 15 heavy (non-hydrogen) atoms. The van der Waals surface area contributed by atoms with Crippen LogP contribution in [-0.2, 0) is 0 Å². The first-order valence-corrected chi connectivity index (χ1v) is 7.56. The summed E-state index contributed by atoms with van der Waals surface area (Å²) in [5.41, 5.74) is 0. The molecule has 0 spiro atoms. The van der Waals surface area contributed by atoms with Crippen LogP contribution in [0.3, 0.4) is 0 Å². The molecule has 1 heterocycles. The second-order valence-corrected chi connectivity index (χ2v) is 5.65. The lowest BCUT2D eigenvalue weighted by atomic mass is 9.98. The summed E-state index contributed by atoms with van der Waals surface area (Å²) >= 11 is 1.95. The summed E-state index contributed by atoms with van der Waals surface area (Å²) in [4.78, 5) is 2.46. The van der Waals surface area contributed by atoms with Crippen LogP contribution in [0.1, 0.15) is 26.2 Å². The van der Waals surface area contributed by atoms with Gasteiger partial charge in [0.25, 0.3) is 0 Å². The highest BCUT2D eigenvalue weighted by Crippen LogP contribution is 2.14. The summed E-state index contributed by atoms with van der Waals surface area (Å²) in [6.45, 7) is 6.06. The minimum atomic E-state index is 0.715. The molecule has 1 fully saturated rings. The van der Waals surface area contributed by atoms with Gasteiger partial charge in [-0.3, -0.25) is 0 Å². The molecule has 90 valence electrons. The van der Waals surface area contributed by atoms with Crippen LogP contribution in [0.25, 0.3) is 0 Å². The lowest BCUT2D eigenvalue weighted by molar-refractivity contribution is 0.203. The molecule has 2 atom stereocenters. The predicted octanol–water partition coefficient (Wildman–Crippen LogP) is 2.06. The number of nitrogens with one attached hydrogen (secondary N) is 1. The Kier molecular flexibility index (Phi) is 6.69. The highest BCUT2D eigenvalue weighted by molar-refractivity contribution is 7.98. The van der Waals surface area contributed by atoms with E-state index in [9.17, 15) is 0 Å². The first-order chi connectivity index (χ1) is 7.26. The quantitative estimate of drug-likeness (QED) is 0.752. The molecule has 0 aromatic rings. The number of piperidine rings is 1. The van der Waals surface area contributed by atoms with E-state index in [1.165, 1.54) is 44.6 Å². The van der Waals surface area contributed by atoms with Crippen molar-refractivity contribution < 1.29 is 0 Å². The zero-order chi connectivity index (χ0) is 11.1. The summed E-state index contributed by atoms with van der Waals surface area (Å²) in [6.07, 6.45) is 6.23. The Morgan fingerprint density at radius 2 is 2.33 bits per heavy atom. The molecule has 1 aliphatic heterocycles. The summed E-state index contributed by atoms with van der Waals surface area (Å²) in [5, 5.41) is 3.71. The SMILES string of the molecule is CCC(CSC)NCC1CCCN(C)C1. The molecule has 0 aliphatic carbocycles. The number of hydrogen-bond donors (Lipinski definition) is 1. The topological polar surface area (TPSA) is 15.3 Å². The monoisotopic (exact) mass is 230 g/mol. The zero-order valence-corrected chi connectivity index (χ0v) is 11.3. The third-order valence-electron chi connectivity index (χ3n) is 3.28. The van der Waals surface area contributed by atoms with Crippen LogP contribution < -0.4 is 5.32 Å². The standard InChI is InChI=1S/C12H26N2S/c1-4-12(10-15-3)13-8-11-6-5-7-14(2)9-11/h11-13H,4-10H2,1-3H3. The highest BCUT2D eigenvalue weighted by Gasteiger charge is 2.17. The van der Waals surface area contributed by atoms with Gasteiger partial charge in [-0.05, 0) is 51.6 Å². The highest BCUT2D eigenvalue weighted by atomic mass is 32.2. The number of nitrogens with zero attached hydrogens (tertiary/aromatic N) is 1. The van der Waals surface area contributed by atoms with Crippen molar-refractivity contribution in [3.05, 3.63) is 0 Å². The van der Waals surface area contributed by atoms with Crippen LogP contribution >= 0.6 is 11.8 Å². The van der Waals surface area contributed by atoms with Crippen molar-refractivity contribution in [1.82, 2.24) is 10.2 Å². The second-order valence-electron chi connectivity index (χ2n) is 4.74. The van der Waals surface area contributed by atoms with Crippen molar-refractivity contribution >= 4 is 11.8 Å². The lowest BCUT2D eigenvalue weighted by Crippen LogP contribution is -2.41. The van der Waals surface area contributed by atoms with Gasteiger partial charge in [-0.15, -0.1) is 0 Å². The minimum Gasteiger partial charge on any atom is -0.313 e. The van der Waals surface area contributed by atoms with Crippen LogP contribution in [0.5, 0.6) is 0 Å². The molecule has 1 rings (SSSR count). The van der Waals surface area contributed by atoms with E-state index in [0.29, 0.717) is 6.04 Å². The number of thioether (sulfide) groups is 1. The van der Waals surface area contributed by atoms with Gasteiger partial charge >= 0.3 is 0 Å². The lowest BCUT2D eigenvalue weighted by Gasteiger charge is -2.31. The zero-order valence-electron chi connectivity index (χ0n) is 10.5. The number of hydrogen-bond acceptors (Lipinski definition) is 3. The van der Waals surface area contributed by atoms with Crippen molar-refractivity contribution in [2.45, 2.75) is 32.2 Å². The predicted molar refractivity (Wildman–Crippen MR) is 70.7 cm³/mol. The molecule has 0 amide bonds. The van der Waals surface area contributed by atoms with Gasteiger partial charge in [0.05, 0.1) is 0 Å². The molecule has 1 aliphatic rings. The van der Waals surface area contributed by atoms with Crippen LogP contribution in [0, 0.1) is 5.92 Å². The summed E-state index contributed by atoms with van der Waals surface area (Å²) in [7, 11) is 2.24. The van der Waals surface area contributed by atoms with Gasteiger partial charge in [-0.25, -0.2) is 0 Å². The van der Waals surface area contributed by atoms with Crippen LogP contribution in [0.15, 0.2) is 0 Å². The first kappa shape index (κ1) is 13.3. The second kappa shape index (κ2) is 7.53. The summed E-state index contributed by atoms with van der Waals surface area (Å²) < 4.78 is 0. The van der Waals surface area contributed by atoms with E-state index in [2.05, 4.69) is 30.4 Å². The van der Waals surface area contributed by atoms with Crippen molar-refractivity contribution in [2.24, 2.45) is 5.92 Å². The van der Waals surface area contributed by atoms with E-state index < -0.39 is 0 Å². The van der Waals surface area contributed by atoms with Gasteiger partial charge in [0.15, 0.2) is 0 Å². The van der Waals surface area contributed by atoms with Gasteiger partial charge in [-0.1, -0.05) is 6.92 Å². The molecular weight excluding hydrogens is 204 g/mol. The van der Waals surface area contributed by atoms with Crippen molar-refractivity contribution in [2.75, 3.05) is 38.7 Å². The Morgan fingerprint density at radius 3 is 2.93 bits per heavy atom. The molecular formula is C12H26N2S. The Labute approximate surface area is 99.2 Å². The first-order valence-electron chi connectivity index (χ1n) is 6.17. The van der Waals surface area contributed by atoms with Gasteiger partial charge in [-0.2, -0.15) is 11.8 Å². The summed E-state index contributed by atoms with van der Waals surface area (Å²) in [5.74, 6) is 2.12. The smallest absolute Gasteiger partial charge is 0.0155 e. The molecule has 0 bridgehead atoms. The van der Waals surface area contributed by atoms with Gasteiger partial charge < -0.3 is 10.2 Å². The van der Waals surface area contributed by atoms with Gasteiger partial charge in [0.2, 0.25) is 0 Å². The fraction of sp³-hybridized carbons (Fsp3) is 1.00. The van der Waals surface area contributed by atoms with Gasteiger partial charge in [0.1, 0.15) is 0 Å². The number of likely N-dealkylation sites (tertiary alicyclic amines) is 1. The fourth-order valence-electron chi connectivity index (χ4n) is 2.30. The van der Waals surface area contributed by atoms with E-state index >= 15 is 0 Å². The van der Waals surface area contributed by atoms with Crippen molar-refractivity contribution in [1.29, 1.82) is 0 Å². The largest absolute Gasteiger partial charge is 0.313 e. The van der Waals surface area contributed by atoms with Crippen molar-refractivity contribution in [3.8, 4) is 0 Å². The van der Waals surface area contributed by atoms with Crippen LogP contribution in [0.2, 0.25) is 0 Å². The van der Waals surface area contributed by atoms with E-state index in [4.69, 9.17) is 0 Å². The molecule has 3 heteroatoms. The fourth-order valence-corrected chi connectivity index (χ4v) is 3.05. The molecule has 0 saturated carbocycles. The molecule has 0 aromatic heterocycles. The maximum absolute atomic E-state index is 3.71. The normalized spacial score (nSPS) is 25.4. The van der Waals surface area contributed by atoms with E-state index in [1.807, 2.05) is 11.8 Å². The third kappa shape index (κ3) is 5.23. The maximum Gasteiger partial charge on any atom is 0.0155 e. The average Bonchev–Trinajstić information content (AvgIpc) is 2.24. The third-order valence-corrected chi connectivity index (χ3v) is 4.01. The van der Waals surface area contributed by atoms with Crippen LogP contribution in [-0.4, -0.2) is 49.6 Å². The average molecular weight is 230 g/mol. The molecule has 2 unspecified atom stereocenters. The Bertz CT molecular complexity index is 164. The minimum absolute atomic E-state index is 0.715. The molecule has 1 N–H and O–H groups in total. The Balaban J connectivity index is 2.16. The Hall–Kier alpha value is 0.270. The maximum atomic E-state index is 3.71. The molecule has 0 aromatic carbocycles. The van der Waals surface area contributed by atoms with E-state index in [0.717, 1.165) is 5.92 Å².